The average molecular weight is 213 g/mol. The molecule has 1 rings (SSSR count). The van der Waals surface area contributed by atoms with Gasteiger partial charge in [-0.3, -0.25) is 0 Å². The highest BCUT2D eigenvalue weighted by Crippen LogP contribution is 2.11. The van der Waals surface area contributed by atoms with E-state index >= 15 is 0 Å². The lowest BCUT2D eigenvalue weighted by Crippen LogP contribution is -2.28. The highest BCUT2D eigenvalue weighted by Gasteiger charge is 2.06. The van der Waals surface area contributed by atoms with E-state index in [0.717, 1.165) is 6.42 Å². The minimum Gasteiger partial charge on any atom is -0.396 e. The first-order valence-corrected chi connectivity index (χ1v) is 6.76. The van der Waals surface area contributed by atoms with E-state index in [1.54, 1.807) is 0 Å². The van der Waals surface area contributed by atoms with Gasteiger partial charge in [-0.05, 0) is 45.3 Å². The highest BCUT2D eigenvalue weighted by atomic mass is 16.2. The van der Waals surface area contributed by atoms with Crippen molar-refractivity contribution in [2.45, 2.75) is 57.8 Å². The highest BCUT2D eigenvalue weighted by molar-refractivity contribution is 4.62. The lowest BCUT2D eigenvalue weighted by Gasteiger charge is -2.24. The van der Waals surface area contributed by atoms with Crippen molar-refractivity contribution >= 4 is 0 Å². The fourth-order valence-electron chi connectivity index (χ4n) is 2.34. The molecule has 0 bridgehead atoms. The summed E-state index contributed by atoms with van der Waals surface area (Å²) < 4.78 is 0. The number of likely N-dealkylation sites (tertiary alicyclic amines) is 1. The Labute approximate surface area is 94.7 Å². The number of rotatable bonds is 6. The van der Waals surface area contributed by atoms with Gasteiger partial charge in [-0.1, -0.05) is 32.1 Å². The van der Waals surface area contributed by atoms with Crippen LogP contribution in [0.4, 0.5) is 0 Å². The number of nitrogens with zero attached hydrogens (tertiary/aromatic N) is 1. The smallest absolute Gasteiger partial charge is 0.0431 e. The molecule has 1 aliphatic heterocycles. The second kappa shape index (κ2) is 9.17. The molecule has 0 unspecified atom stereocenters. The third kappa shape index (κ3) is 6.91. The average Bonchev–Trinajstić information content (AvgIpc) is 2.20. The molecule has 2 heteroatoms. The van der Waals surface area contributed by atoms with Crippen LogP contribution in [0.25, 0.3) is 0 Å². The molecule has 0 aromatic carbocycles. The Bertz CT molecular complexity index is 130. The maximum atomic E-state index is 8.67. The maximum absolute atomic E-state index is 8.67. The maximum Gasteiger partial charge on any atom is 0.0431 e. The van der Waals surface area contributed by atoms with Crippen molar-refractivity contribution in [2.24, 2.45) is 0 Å². The van der Waals surface area contributed by atoms with Crippen molar-refractivity contribution < 1.29 is 5.11 Å². The molecular weight excluding hydrogens is 186 g/mol. The molecule has 0 aromatic heterocycles. The third-order valence-electron chi connectivity index (χ3n) is 3.33. The van der Waals surface area contributed by atoms with Gasteiger partial charge in [-0.25, -0.2) is 0 Å². The van der Waals surface area contributed by atoms with Crippen molar-refractivity contribution in [1.82, 2.24) is 4.90 Å². The summed E-state index contributed by atoms with van der Waals surface area (Å²) in [5, 5.41) is 8.67. The Morgan fingerprint density at radius 2 is 1.33 bits per heavy atom. The van der Waals surface area contributed by atoms with Crippen LogP contribution in [-0.4, -0.2) is 36.2 Å². The van der Waals surface area contributed by atoms with Gasteiger partial charge in [-0.15, -0.1) is 0 Å². The molecule has 0 aromatic rings. The van der Waals surface area contributed by atoms with Gasteiger partial charge in [0.05, 0.1) is 0 Å². The minimum atomic E-state index is 0.365. The summed E-state index contributed by atoms with van der Waals surface area (Å²) >= 11 is 0. The summed E-state index contributed by atoms with van der Waals surface area (Å²) in [4.78, 5) is 2.64. The minimum absolute atomic E-state index is 0.365. The van der Waals surface area contributed by atoms with Gasteiger partial charge in [0.1, 0.15) is 0 Å². The van der Waals surface area contributed by atoms with E-state index in [1.165, 1.54) is 71.0 Å². The molecule has 1 fully saturated rings. The summed E-state index contributed by atoms with van der Waals surface area (Å²) in [6.07, 6.45) is 11.9. The molecule has 0 radical (unpaired) electrons. The van der Waals surface area contributed by atoms with Crippen LogP contribution in [0, 0.1) is 0 Å². The molecule has 0 saturated carbocycles. The molecule has 90 valence electrons. The standard InChI is InChI=1S/C13H27NO/c15-13-9-5-4-8-12-14-10-6-2-1-3-7-11-14/h15H,1-13H2. The van der Waals surface area contributed by atoms with E-state index in [-0.39, 0.29) is 0 Å². The zero-order chi connectivity index (χ0) is 10.8. The first kappa shape index (κ1) is 13.0. The van der Waals surface area contributed by atoms with E-state index in [0.29, 0.717) is 6.61 Å². The van der Waals surface area contributed by atoms with Gasteiger partial charge in [0.25, 0.3) is 0 Å². The predicted molar refractivity (Wildman–Crippen MR) is 65.1 cm³/mol. The number of hydrogen-bond acceptors (Lipinski definition) is 2. The van der Waals surface area contributed by atoms with E-state index < -0.39 is 0 Å². The predicted octanol–water partition coefficient (Wildman–Crippen LogP) is 2.81. The Morgan fingerprint density at radius 1 is 0.733 bits per heavy atom. The summed E-state index contributed by atoms with van der Waals surface area (Å²) in [5.74, 6) is 0. The summed E-state index contributed by atoms with van der Waals surface area (Å²) in [5.41, 5.74) is 0. The second-order valence-corrected chi connectivity index (χ2v) is 4.75. The fourth-order valence-corrected chi connectivity index (χ4v) is 2.34. The summed E-state index contributed by atoms with van der Waals surface area (Å²) in [6.45, 7) is 4.29. The van der Waals surface area contributed by atoms with Crippen molar-refractivity contribution in [1.29, 1.82) is 0 Å². The Morgan fingerprint density at radius 3 is 2.00 bits per heavy atom. The quantitative estimate of drug-likeness (QED) is 0.686. The molecule has 0 aliphatic carbocycles. The zero-order valence-electron chi connectivity index (χ0n) is 10.1. The zero-order valence-corrected chi connectivity index (χ0v) is 10.1. The van der Waals surface area contributed by atoms with E-state index in [1.807, 2.05) is 0 Å². The van der Waals surface area contributed by atoms with Gasteiger partial charge < -0.3 is 10.0 Å². The van der Waals surface area contributed by atoms with Crippen LogP contribution in [0.2, 0.25) is 0 Å². The van der Waals surface area contributed by atoms with Crippen LogP contribution in [0.1, 0.15) is 57.8 Å². The molecule has 1 N–H and O–H groups in total. The summed E-state index contributed by atoms with van der Waals surface area (Å²) in [7, 11) is 0. The number of aliphatic hydroxyl groups excluding tert-OH is 1. The molecule has 2 nitrogen and oxygen atoms in total. The topological polar surface area (TPSA) is 23.5 Å². The van der Waals surface area contributed by atoms with Crippen molar-refractivity contribution in [3.63, 3.8) is 0 Å². The summed E-state index contributed by atoms with van der Waals surface area (Å²) in [6, 6.07) is 0. The molecule has 15 heavy (non-hydrogen) atoms. The van der Waals surface area contributed by atoms with Crippen LogP contribution < -0.4 is 0 Å². The molecule has 1 saturated heterocycles. The Hall–Kier alpha value is -0.0800. The van der Waals surface area contributed by atoms with E-state index in [9.17, 15) is 0 Å². The monoisotopic (exact) mass is 213 g/mol. The largest absolute Gasteiger partial charge is 0.396 e. The van der Waals surface area contributed by atoms with Crippen molar-refractivity contribution in [3.05, 3.63) is 0 Å². The first-order chi connectivity index (χ1) is 7.43. The Balaban J connectivity index is 1.97. The van der Waals surface area contributed by atoms with Crippen LogP contribution in [0.15, 0.2) is 0 Å². The second-order valence-electron chi connectivity index (χ2n) is 4.75. The van der Waals surface area contributed by atoms with E-state index in [4.69, 9.17) is 5.11 Å². The molecule has 0 amide bonds. The first-order valence-electron chi connectivity index (χ1n) is 6.76. The van der Waals surface area contributed by atoms with Gasteiger partial charge in [0.2, 0.25) is 0 Å². The van der Waals surface area contributed by atoms with Gasteiger partial charge in [0.15, 0.2) is 0 Å². The molecule has 1 aliphatic rings. The number of aliphatic hydroxyl groups is 1. The van der Waals surface area contributed by atoms with Gasteiger partial charge in [0, 0.05) is 6.61 Å². The number of hydrogen-bond donors (Lipinski definition) is 1. The molecular formula is C13H27NO. The van der Waals surface area contributed by atoms with Gasteiger partial charge in [-0.2, -0.15) is 0 Å². The Kier molecular flexibility index (Phi) is 7.94. The number of unbranched alkanes of at least 4 members (excludes halogenated alkanes) is 3. The van der Waals surface area contributed by atoms with Crippen LogP contribution in [0.3, 0.4) is 0 Å². The molecule has 0 atom stereocenters. The van der Waals surface area contributed by atoms with Crippen molar-refractivity contribution in [3.8, 4) is 0 Å². The lowest BCUT2D eigenvalue weighted by atomic mass is 10.1. The van der Waals surface area contributed by atoms with Crippen LogP contribution in [-0.2, 0) is 0 Å². The normalized spacial score (nSPS) is 19.8. The fraction of sp³-hybridized carbons (Fsp3) is 1.00. The van der Waals surface area contributed by atoms with Crippen LogP contribution in [0.5, 0.6) is 0 Å². The van der Waals surface area contributed by atoms with Gasteiger partial charge >= 0.3 is 0 Å². The van der Waals surface area contributed by atoms with Crippen LogP contribution >= 0.6 is 0 Å². The third-order valence-corrected chi connectivity index (χ3v) is 3.33. The molecule has 0 spiro atoms. The molecule has 1 heterocycles. The SMILES string of the molecule is OCCCCCCN1CCCCCCC1. The van der Waals surface area contributed by atoms with Crippen molar-refractivity contribution in [2.75, 3.05) is 26.2 Å². The lowest BCUT2D eigenvalue weighted by molar-refractivity contribution is 0.239. The van der Waals surface area contributed by atoms with E-state index in [2.05, 4.69) is 4.90 Å².